The van der Waals surface area contributed by atoms with Gasteiger partial charge in [-0.1, -0.05) is 19.1 Å². The molecule has 2 heterocycles. The molecule has 0 N–H and O–H groups in total. The molecule has 0 aliphatic heterocycles. The van der Waals surface area contributed by atoms with Crippen LogP contribution in [0.25, 0.3) is 11.1 Å². The Labute approximate surface area is 186 Å². The van der Waals surface area contributed by atoms with Crippen LogP contribution in [-0.2, 0) is 11.2 Å². The van der Waals surface area contributed by atoms with Crippen LogP contribution in [0.5, 0.6) is 0 Å². The molecule has 3 aromatic rings. The zero-order valence-corrected chi connectivity index (χ0v) is 18.6. The number of hydrogen-bond donors (Lipinski definition) is 0. The molecule has 0 saturated heterocycles. The number of rotatable bonds is 7. The highest BCUT2D eigenvalue weighted by atomic mass is 19.2. The first-order valence-corrected chi connectivity index (χ1v) is 10.4. The lowest BCUT2D eigenvalue weighted by molar-refractivity contribution is -0.118. The fourth-order valence-electron chi connectivity index (χ4n) is 3.47. The average molecular weight is 437 g/mol. The van der Waals surface area contributed by atoms with Crippen molar-refractivity contribution >= 4 is 17.4 Å². The SMILES string of the molecule is CCC(=O)N(C)c1ccc(-c2ccc(C(=O)CCc3ccc(C)nc3C)nc2)c(F)c1F. The number of aryl methyl sites for hydroxylation is 3. The molecule has 166 valence electrons. The summed E-state index contributed by atoms with van der Waals surface area (Å²) in [6.45, 7) is 5.47. The first kappa shape index (κ1) is 23.2. The molecule has 0 unspecified atom stereocenters. The Morgan fingerprint density at radius 1 is 1.00 bits per heavy atom. The fraction of sp³-hybridized carbons (Fsp3) is 0.280. The summed E-state index contributed by atoms with van der Waals surface area (Å²) in [6.07, 6.45) is 2.35. The van der Waals surface area contributed by atoms with Gasteiger partial charge in [0.05, 0.1) is 5.69 Å². The first-order chi connectivity index (χ1) is 15.2. The van der Waals surface area contributed by atoms with E-state index in [4.69, 9.17) is 0 Å². The van der Waals surface area contributed by atoms with Crippen LogP contribution in [0.2, 0.25) is 0 Å². The second-order valence-electron chi connectivity index (χ2n) is 7.62. The van der Waals surface area contributed by atoms with Crippen molar-refractivity contribution in [3.8, 4) is 11.1 Å². The van der Waals surface area contributed by atoms with Crippen LogP contribution in [0.15, 0.2) is 42.6 Å². The summed E-state index contributed by atoms with van der Waals surface area (Å²) in [6, 6.07) is 9.69. The second-order valence-corrected chi connectivity index (χ2v) is 7.62. The highest BCUT2D eigenvalue weighted by Gasteiger charge is 2.20. The standard InChI is InChI=1S/C25H25F2N3O2/c1-5-23(32)30(4)21-12-10-19(24(26)25(21)27)18-8-11-20(28-14-18)22(31)13-9-17-7-6-15(2)29-16(17)3/h6-8,10-12,14H,5,9,13H2,1-4H3. The number of ketones is 1. The van der Waals surface area contributed by atoms with Gasteiger partial charge in [-0.05, 0) is 50.1 Å². The number of nitrogens with zero attached hydrogens (tertiary/aromatic N) is 3. The minimum atomic E-state index is -1.10. The Morgan fingerprint density at radius 2 is 1.75 bits per heavy atom. The van der Waals surface area contributed by atoms with Crippen LogP contribution in [0.1, 0.15) is 47.2 Å². The molecule has 0 aliphatic rings. The lowest BCUT2D eigenvalue weighted by atomic mass is 10.0. The highest BCUT2D eigenvalue weighted by molar-refractivity contribution is 5.95. The smallest absolute Gasteiger partial charge is 0.226 e. The number of pyridine rings is 2. The molecule has 2 aromatic heterocycles. The van der Waals surface area contributed by atoms with Crippen molar-refractivity contribution < 1.29 is 18.4 Å². The van der Waals surface area contributed by atoms with E-state index in [1.165, 1.54) is 37.5 Å². The third-order valence-electron chi connectivity index (χ3n) is 5.42. The van der Waals surface area contributed by atoms with Crippen LogP contribution in [0.4, 0.5) is 14.5 Å². The Hall–Kier alpha value is -3.48. The van der Waals surface area contributed by atoms with Gasteiger partial charge in [-0.15, -0.1) is 0 Å². The van der Waals surface area contributed by atoms with Gasteiger partial charge in [-0.2, -0.15) is 0 Å². The molecule has 0 saturated carbocycles. The number of benzene rings is 1. The molecule has 7 heteroatoms. The van der Waals surface area contributed by atoms with Crippen molar-refractivity contribution in [1.82, 2.24) is 9.97 Å². The third kappa shape index (κ3) is 4.88. The van der Waals surface area contributed by atoms with E-state index in [1.807, 2.05) is 26.0 Å². The fourth-order valence-corrected chi connectivity index (χ4v) is 3.47. The van der Waals surface area contributed by atoms with Gasteiger partial charge in [0.25, 0.3) is 0 Å². The summed E-state index contributed by atoms with van der Waals surface area (Å²) in [5.74, 6) is -2.63. The molecule has 0 aliphatic carbocycles. The number of carbonyl (C=O) groups excluding carboxylic acids is 2. The molecular weight excluding hydrogens is 412 g/mol. The van der Waals surface area contributed by atoms with E-state index in [-0.39, 0.29) is 41.5 Å². The summed E-state index contributed by atoms with van der Waals surface area (Å²) in [5.41, 5.74) is 3.31. The van der Waals surface area contributed by atoms with Crippen LogP contribution >= 0.6 is 0 Å². The molecule has 3 rings (SSSR count). The van der Waals surface area contributed by atoms with Gasteiger partial charge >= 0.3 is 0 Å². The van der Waals surface area contributed by atoms with Crippen molar-refractivity contribution in [3.63, 3.8) is 0 Å². The van der Waals surface area contributed by atoms with E-state index in [0.29, 0.717) is 12.0 Å². The Kier molecular flexibility index (Phi) is 7.08. The van der Waals surface area contributed by atoms with E-state index in [0.717, 1.165) is 21.9 Å². The van der Waals surface area contributed by atoms with Gasteiger partial charge in [0.2, 0.25) is 5.91 Å². The number of hydrogen-bond acceptors (Lipinski definition) is 4. The average Bonchev–Trinajstić information content (AvgIpc) is 2.79. The predicted molar refractivity (Wildman–Crippen MR) is 120 cm³/mol. The number of anilines is 1. The molecule has 1 aromatic carbocycles. The zero-order valence-electron chi connectivity index (χ0n) is 18.6. The molecule has 0 spiro atoms. The van der Waals surface area contributed by atoms with Crippen LogP contribution in [-0.4, -0.2) is 28.7 Å². The maximum Gasteiger partial charge on any atom is 0.226 e. The normalized spacial score (nSPS) is 10.8. The van der Waals surface area contributed by atoms with Crippen molar-refractivity contribution in [2.75, 3.05) is 11.9 Å². The molecule has 0 radical (unpaired) electrons. The molecule has 5 nitrogen and oxygen atoms in total. The van der Waals surface area contributed by atoms with Crippen molar-refractivity contribution in [1.29, 1.82) is 0 Å². The highest BCUT2D eigenvalue weighted by Crippen LogP contribution is 2.30. The largest absolute Gasteiger partial charge is 0.313 e. The monoisotopic (exact) mass is 437 g/mol. The van der Waals surface area contributed by atoms with Crippen LogP contribution in [0, 0.1) is 25.5 Å². The second kappa shape index (κ2) is 9.77. The van der Waals surface area contributed by atoms with Gasteiger partial charge in [-0.3, -0.25) is 19.6 Å². The lowest BCUT2D eigenvalue weighted by Crippen LogP contribution is -2.26. The molecule has 0 atom stereocenters. The minimum Gasteiger partial charge on any atom is -0.313 e. The lowest BCUT2D eigenvalue weighted by Gasteiger charge is -2.18. The van der Waals surface area contributed by atoms with E-state index in [2.05, 4.69) is 9.97 Å². The molecule has 32 heavy (non-hydrogen) atoms. The maximum atomic E-state index is 14.7. The van der Waals surface area contributed by atoms with Gasteiger partial charge in [0.15, 0.2) is 17.4 Å². The quantitative estimate of drug-likeness (QED) is 0.475. The topological polar surface area (TPSA) is 63.2 Å². The summed E-state index contributed by atoms with van der Waals surface area (Å²) in [7, 11) is 1.40. The maximum absolute atomic E-state index is 14.7. The predicted octanol–water partition coefficient (Wildman–Crippen LogP) is 5.23. The first-order valence-electron chi connectivity index (χ1n) is 10.4. The number of halogens is 2. The van der Waals surface area contributed by atoms with E-state index in [9.17, 15) is 18.4 Å². The number of aromatic nitrogens is 2. The molecular formula is C25H25F2N3O2. The summed E-state index contributed by atoms with van der Waals surface area (Å²) < 4.78 is 29.3. The van der Waals surface area contributed by atoms with Crippen molar-refractivity contribution in [2.24, 2.45) is 0 Å². The Morgan fingerprint density at radius 3 is 2.38 bits per heavy atom. The van der Waals surface area contributed by atoms with E-state index < -0.39 is 11.6 Å². The molecule has 0 bridgehead atoms. The van der Waals surface area contributed by atoms with Gasteiger partial charge < -0.3 is 4.90 Å². The van der Waals surface area contributed by atoms with Crippen molar-refractivity contribution in [3.05, 3.63) is 76.9 Å². The summed E-state index contributed by atoms with van der Waals surface area (Å²) in [4.78, 5) is 34.0. The zero-order chi connectivity index (χ0) is 23.4. The van der Waals surface area contributed by atoms with Crippen LogP contribution < -0.4 is 4.90 Å². The van der Waals surface area contributed by atoms with Gasteiger partial charge in [0.1, 0.15) is 5.69 Å². The van der Waals surface area contributed by atoms with Crippen LogP contribution in [0.3, 0.4) is 0 Å². The minimum absolute atomic E-state index is 0.0106. The third-order valence-corrected chi connectivity index (χ3v) is 5.42. The molecule has 0 fully saturated rings. The number of carbonyl (C=O) groups is 2. The van der Waals surface area contributed by atoms with Gasteiger partial charge in [-0.25, -0.2) is 8.78 Å². The number of amides is 1. The number of Topliss-reactive ketones (excluding diaryl/α,β-unsaturated/α-hetero) is 1. The van der Waals surface area contributed by atoms with E-state index >= 15 is 0 Å². The Bertz CT molecular complexity index is 1160. The van der Waals surface area contributed by atoms with E-state index in [1.54, 1.807) is 6.92 Å². The summed E-state index contributed by atoms with van der Waals surface area (Å²) >= 11 is 0. The molecule has 1 amide bonds. The summed E-state index contributed by atoms with van der Waals surface area (Å²) in [5, 5.41) is 0. The van der Waals surface area contributed by atoms with Gasteiger partial charge in [0, 0.05) is 48.6 Å². The van der Waals surface area contributed by atoms with Crippen molar-refractivity contribution in [2.45, 2.75) is 40.0 Å². The Balaban J connectivity index is 1.75.